The number of carbonyl (C=O) groups excluding carboxylic acids is 2. The number of halogens is 2. The molecule has 5 nitrogen and oxygen atoms in total. The second kappa shape index (κ2) is 8.04. The van der Waals surface area contributed by atoms with Crippen molar-refractivity contribution in [3.63, 3.8) is 0 Å². The van der Waals surface area contributed by atoms with Crippen molar-refractivity contribution >= 4 is 46.4 Å². The number of nitrogens with one attached hydrogen (secondary N) is 1. The van der Waals surface area contributed by atoms with E-state index in [2.05, 4.69) is 5.32 Å². The zero-order valence-corrected chi connectivity index (χ0v) is 14.7. The monoisotopic (exact) mass is 366 g/mol. The van der Waals surface area contributed by atoms with Crippen molar-refractivity contribution in [2.75, 3.05) is 23.9 Å². The molecule has 2 amide bonds. The molecular formula is C17H16Cl2N2O3. The van der Waals surface area contributed by atoms with Crippen molar-refractivity contribution in [1.82, 2.24) is 0 Å². The summed E-state index contributed by atoms with van der Waals surface area (Å²) >= 11 is 12.0. The highest BCUT2D eigenvalue weighted by molar-refractivity contribution is 6.36. The van der Waals surface area contributed by atoms with E-state index in [1.165, 1.54) is 17.9 Å². The van der Waals surface area contributed by atoms with Crippen LogP contribution < -0.4 is 15.0 Å². The van der Waals surface area contributed by atoms with Gasteiger partial charge in [-0.2, -0.15) is 0 Å². The lowest BCUT2D eigenvalue weighted by Crippen LogP contribution is -2.36. The average Bonchev–Trinajstić information content (AvgIpc) is 2.53. The van der Waals surface area contributed by atoms with Gasteiger partial charge in [0.25, 0.3) is 0 Å². The number of hydrogen-bond donors (Lipinski definition) is 1. The van der Waals surface area contributed by atoms with Crippen molar-refractivity contribution < 1.29 is 14.3 Å². The van der Waals surface area contributed by atoms with Crippen molar-refractivity contribution in [2.24, 2.45) is 0 Å². The Balaban J connectivity index is 2.15. The Morgan fingerprint density at radius 2 is 1.92 bits per heavy atom. The summed E-state index contributed by atoms with van der Waals surface area (Å²) in [7, 11) is 1.54. The van der Waals surface area contributed by atoms with E-state index >= 15 is 0 Å². The number of anilines is 2. The molecule has 0 heterocycles. The number of benzene rings is 2. The van der Waals surface area contributed by atoms with Gasteiger partial charge in [-0.3, -0.25) is 9.59 Å². The van der Waals surface area contributed by atoms with Crippen LogP contribution >= 0.6 is 23.2 Å². The van der Waals surface area contributed by atoms with E-state index < -0.39 is 0 Å². The van der Waals surface area contributed by atoms with E-state index in [-0.39, 0.29) is 18.4 Å². The maximum Gasteiger partial charge on any atom is 0.244 e. The van der Waals surface area contributed by atoms with Gasteiger partial charge in [-0.1, -0.05) is 29.3 Å². The fraction of sp³-hybridized carbons (Fsp3) is 0.176. The lowest BCUT2D eigenvalue weighted by Gasteiger charge is -2.22. The third-order valence-corrected chi connectivity index (χ3v) is 3.77. The molecule has 0 spiro atoms. The fourth-order valence-corrected chi connectivity index (χ4v) is 2.62. The molecule has 0 aliphatic heterocycles. The van der Waals surface area contributed by atoms with E-state index in [1.54, 1.807) is 43.5 Å². The molecule has 0 atom stereocenters. The molecule has 0 radical (unpaired) electrons. The number of amides is 2. The number of rotatable bonds is 5. The predicted octanol–water partition coefficient (Wildman–Crippen LogP) is 3.99. The highest BCUT2D eigenvalue weighted by Crippen LogP contribution is 2.29. The second-order valence-electron chi connectivity index (χ2n) is 4.98. The van der Waals surface area contributed by atoms with E-state index in [4.69, 9.17) is 27.9 Å². The zero-order chi connectivity index (χ0) is 17.7. The van der Waals surface area contributed by atoms with Gasteiger partial charge in [0.2, 0.25) is 11.8 Å². The third-order valence-electron chi connectivity index (χ3n) is 3.24. The molecule has 7 heteroatoms. The number of nitrogens with zero attached hydrogens (tertiary/aromatic N) is 1. The predicted molar refractivity (Wildman–Crippen MR) is 96.1 cm³/mol. The Morgan fingerprint density at radius 1 is 1.17 bits per heavy atom. The smallest absolute Gasteiger partial charge is 0.244 e. The first kappa shape index (κ1) is 18.1. The normalized spacial score (nSPS) is 10.2. The van der Waals surface area contributed by atoms with Crippen molar-refractivity contribution in [2.45, 2.75) is 6.92 Å². The van der Waals surface area contributed by atoms with Gasteiger partial charge < -0.3 is 15.0 Å². The van der Waals surface area contributed by atoms with Crippen molar-refractivity contribution in [3.05, 3.63) is 52.5 Å². The van der Waals surface area contributed by atoms with Crippen LogP contribution in [-0.4, -0.2) is 25.5 Å². The molecule has 0 fully saturated rings. The SMILES string of the molecule is COc1cccc(NC(=O)CN(C(C)=O)c2ccc(Cl)cc2Cl)c1. The first-order chi connectivity index (χ1) is 11.4. The van der Waals surface area contributed by atoms with Gasteiger partial charge in [-0.05, 0) is 30.3 Å². The van der Waals surface area contributed by atoms with E-state index in [0.717, 1.165) is 0 Å². The number of methoxy groups -OCH3 is 1. The van der Waals surface area contributed by atoms with Gasteiger partial charge in [0.1, 0.15) is 12.3 Å². The molecule has 0 bridgehead atoms. The number of ether oxygens (including phenoxy) is 1. The summed E-state index contributed by atoms with van der Waals surface area (Å²) in [5, 5.41) is 3.47. The lowest BCUT2D eigenvalue weighted by atomic mass is 10.2. The summed E-state index contributed by atoms with van der Waals surface area (Å²) < 4.78 is 5.11. The Labute approximate surface area is 150 Å². The van der Waals surface area contributed by atoms with Gasteiger partial charge in [-0.25, -0.2) is 0 Å². The zero-order valence-electron chi connectivity index (χ0n) is 13.2. The molecule has 2 rings (SSSR count). The maximum atomic E-state index is 12.3. The molecule has 1 N–H and O–H groups in total. The molecule has 2 aromatic carbocycles. The summed E-state index contributed by atoms with van der Waals surface area (Å²) in [5.41, 5.74) is 0.999. The largest absolute Gasteiger partial charge is 0.497 e. The topological polar surface area (TPSA) is 58.6 Å². The molecule has 24 heavy (non-hydrogen) atoms. The Kier molecular flexibility index (Phi) is 6.06. The highest BCUT2D eigenvalue weighted by atomic mass is 35.5. The highest BCUT2D eigenvalue weighted by Gasteiger charge is 2.18. The van der Waals surface area contributed by atoms with Gasteiger partial charge in [0.15, 0.2) is 0 Å². The molecule has 0 aliphatic carbocycles. The summed E-state index contributed by atoms with van der Waals surface area (Å²) in [6.07, 6.45) is 0. The van der Waals surface area contributed by atoms with E-state index in [0.29, 0.717) is 27.2 Å². The summed E-state index contributed by atoms with van der Waals surface area (Å²) in [4.78, 5) is 25.5. The Bertz CT molecular complexity index is 765. The van der Waals surface area contributed by atoms with Crippen LogP contribution in [0.15, 0.2) is 42.5 Å². The van der Waals surface area contributed by atoms with E-state index in [1.807, 2.05) is 0 Å². The van der Waals surface area contributed by atoms with Crippen LogP contribution in [0.1, 0.15) is 6.92 Å². The van der Waals surface area contributed by atoms with Crippen molar-refractivity contribution in [1.29, 1.82) is 0 Å². The number of hydrogen-bond acceptors (Lipinski definition) is 3. The van der Waals surface area contributed by atoms with Crippen LogP contribution in [0.4, 0.5) is 11.4 Å². The minimum Gasteiger partial charge on any atom is -0.497 e. The van der Waals surface area contributed by atoms with Gasteiger partial charge in [-0.15, -0.1) is 0 Å². The molecule has 0 aromatic heterocycles. The summed E-state index contributed by atoms with van der Waals surface area (Å²) in [6.45, 7) is 1.19. The van der Waals surface area contributed by atoms with Gasteiger partial charge in [0, 0.05) is 23.7 Å². The number of carbonyl (C=O) groups is 2. The minimum absolute atomic E-state index is 0.173. The van der Waals surface area contributed by atoms with Crippen LogP contribution in [0.2, 0.25) is 10.0 Å². The summed E-state index contributed by atoms with van der Waals surface area (Å²) in [6, 6.07) is 11.7. The Morgan fingerprint density at radius 3 is 2.54 bits per heavy atom. The summed E-state index contributed by atoms with van der Waals surface area (Å²) in [5.74, 6) is -0.0403. The molecular weight excluding hydrogens is 351 g/mol. The molecule has 0 saturated heterocycles. The van der Waals surface area contributed by atoms with Crippen LogP contribution in [0.3, 0.4) is 0 Å². The first-order valence-electron chi connectivity index (χ1n) is 7.07. The molecule has 126 valence electrons. The first-order valence-corrected chi connectivity index (χ1v) is 7.83. The molecule has 0 unspecified atom stereocenters. The standard InChI is InChI=1S/C17H16Cl2N2O3/c1-11(22)21(16-7-6-12(18)8-15(16)19)10-17(23)20-13-4-3-5-14(9-13)24-2/h3-9H,10H2,1-2H3,(H,20,23). The quantitative estimate of drug-likeness (QED) is 0.869. The third kappa shape index (κ3) is 4.63. The molecule has 0 aliphatic rings. The van der Waals surface area contributed by atoms with Crippen LogP contribution in [-0.2, 0) is 9.59 Å². The van der Waals surface area contributed by atoms with E-state index in [9.17, 15) is 9.59 Å². The van der Waals surface area contributed by atoms with Crippen LogP contribution in [0, 0.1) is 0 Å². The van der Waals surface area contributed by atoms with Gasteiger partial charge in [0.05, 0.1) is 17.8 Å². The van der Waals surface area contributed by atoms with Crippen LogP contribution in [0.5, 0.6) is 5.75 Å². The minimum atomic E-state index is -0.357. The van der Waals surface area contributed by atoms with Crippen molar-refractivity contribution in [3.8, 4) is 5.75 Å². The fourth-order valence-electron chi connectivity index (χ4n) is 2.11. The lowest BCUT2D eigenvalue weighted by molar-refractivity contribution is -0.120. The Hall–Kier alpha value is -2.24. The van der Waals surface area contributed by atoms with Crippen LogP contribution in [0.25, 0.3) is 0 Å². The maximum absolute atomic E-state index is 12.3. The molecule has 0 saturated carbocycles. The second-order valence-corrected chi connectivity index (χ2v) is 5.82. The molecule has 2 aromatic rings. The average molecular weight is 367 g/mol. The van der Waals surface area contributed by atoms with Gasteiger partial charge >= 0.3 is 0 Å².